The Morgan fingerprint density at radius 1 is 0.938 bits per heavy atom. The van der Waals surface area contributed by atoms with Crippen LogP contribution in [0.2, 0.25) is 0 Å². The van der Waals surface area contributed by atoms with Gasteiger partial charge in [0.15, 0.2) is 12.3 Å². The Bertz CT molecular complexity index is 531. The van der Waals surface area contributed by atoms with Crippen LogP contribution in [0.1, 0.15) is 130 Å². The average molecular weight is 449 g/mol. The maximum atomic E-state index is 11.5. The van der Waals surface area contributed by atoms with Crippen molar-refractivity contribution in [3.05, 3.63) is 12.2 Å². The Kier molecular flexibility index (Phi) is 16.5. The molecule has 32 heavy (non-hydrogen) atoms. The van der Waals surface area contributed by atoms with Crippen molar-refractivity contribution >= 4 is 12.1 Å². The van der Waals surface area contributed by atoms with E-state index in [4.69, 9.17) is 4.99 Å². The van der Waals surface area contributed by atoms with Crippen LogP contribution in [0.3, 0.4) is 0 Å². The lowest BCUT2D eigenvalue weighted by molar-refractivity contribution is -0.959. The van der Waals surface area contributed by atoms with Gasteiger partial charge in [0.2, 0.25) is 5.91 Å². The molecule has 1 aliphatic rings. The van der Waals surface area contributed by atoms with Crippen molar-refractivity contribution in [3.8, 4) is 0 Å². The molecule has 0 radical (unpaired) electrons. The summed E-state index contributed by atoms with van der Waals surface area (Å²) in [5, 5.41) is 3.11. The van der Waals surface area contributed by atoms with Crippen molar-refractivity contribution < 1.29 is 9.28 Å². The molecule has 1 heterocycles. The van der Waals surface area contributed by atoms with Gasteiger partial charge in [-0.25, -0.2) is 4.99 Å². The maximum Gasteiger partial charge on any atom is 0.221 e. The fourth-order valence-corrected chi connectivity index (χ4v) is 5.11. The van der Waals surface area contributed by atoms with Crippen LogP contribution in [-0.2, 0) is 4.79 Å². The molecule has 0 saturated carbocycles. The summed E-state index contributed by atoms with van der Waals surface area (Å²) in [5.74, 6) is 0.0583. The van der Waals surface area contributed by atoms with Crippen molar-refractivity contribution in [3.63, 3.8) is 0 Å². The molecule has 3 atom stereocenters. The summed E-state index contributed by atoms with van der Waals surface area (Å²) in [7, 11) is 0. The van der Waals surface area contributed by atoms with E-state index in [9.17, 15) is 4.79 Å². The number of hydrogen-bond donors (Lipinski definition) is 1. The average Bonchev–Trinajstić information content (AvgIpc) is 3.19. The van der Waals surface area contributed by atoms with Gasteiger partial charge < -0.3 is 5.32 Å². The summed E-state index contributed by atoms with van der Waals surface area (Å²) in [4.78, 5) is 16.3. The predicted molar refractivity (Wildman–Crippen MR) is 140 cm³/mol. The quantitative estimate of drug-likeness (QED) is 0.117. The maximum absolute atomic E-state index is 11.5. The van der Waals surface area contributed by atoms with Gasteiger partial charge in [-0.15, -0.1) is 0 Å². The van der Waals surface area contributed by atoms with Crippen molar-refractivity contribution in [1.82, 2.24) is 5.32 Å². The summed E-state index contributed by atoms with van der Waals surface area (Å²) in [5.41, 5.74) is 0. The third-order valence-corrected chi connectivity index (χ3v) is 7.29. The molecule has 1 amide bonds. The van der Waals surface area contributed by atoms with Gasteiger partial charge in [-0.2, -0.15) is 0 Å². The van der Waals surface area contributed by atoms with Gasteiger partial charge in [-0.05, 0) is 39.0 Å². The molecule has 4 heteroatoms. The molecule has 186 valence electrons. The third kappa shape index (κ3) is 11.6. The molecule has 1 rings (SSSR count). The minimum atomic E-state index is 0.0583. The zero-order valence-corrected chi connectivity index (χ0v) is 21.9. The molecule has 3 unspecified atom stereocenters. The lowest BCUT2D eigenvalue weighted by Crippen LogP contribution is -2.63. The monoisotopic (exact) mass is 448 g/mol. The standard InChI is InChI=1S/C28H53N3O/c1-5-7-8-9-10-11-12-13-14-15-16-17-18-19-20-21-22-23-28-29-24-25-31(28,6-2)26(3)30-27(4)32/h12-13,24,26,28H,5-11,14-23,25H2,1-4H3/p+1/b13-12+. The van der Waals surface area contributed by atoms with Gasteiger partial charge in [0.1, 0.15) is 6.54 Å². The van der Waals surface area contributed by atoms with Crippen LogP contribution in [0.25, 0.3) is 0 Å². The molecule has 0 aromatic heterocycles. The van der Waals surface area contributed by atoms with E-state index >= 15 is 0 Å². The lowest BCUT2D eigenvalue weighted by Gasteiger charge is -2.42. The number of allylic oxidation sites excluding steroid dienone is 2. The molecule has 0 aromatic carbocycles. The number of nitrogens with one attached hydrogen (secondary N) is 1. The van der Waals surface area contributed by atoms with Crippen LogP contribution in [0, 0.1) is 0 Å². The Morgan fingerprint density at radius 2 is 1.47 bits per heavy atom. The predicted octanol–water partition coefficient (Wildman–Crippen LogP) is 7.53. The molecule has 0 saturated heterocycles. The molecule has 0 aliphatic carbocycles. The number of nitrogens with zero attached hydrogens (tertiary/aromatic N) is 2. The number of amides is 1. The second-order valence-corrected chi connectivity index (χ2v) is 9.87. The summed E-state index contributed by atoms with van der Waals surface area (Å²) < 4.78 is 0.882. The Balaban J connectivity index is 2.00. The van der Waals surface area contributed by atoms with E-state index in [1.54, 1.807) is 6.92 Å². The first kappa shape index (κ1) is 28.9. The summed E-state index contributed by atoms with van der Waals surface area (Å²) in [6.45, 7) is 10.2. The zero-order chi connectivity index (χ0) is 23.5. The molecule has 1 aliphatic heterocycles. The third-order valence-electron chi connectivity index (χ3n) is 7.29. The van der Waals surface area contributed by atoms with Crippen LogP contribution < -0.4 is 5.32 Å². The van der Waals surface area contributed by atoms with E-state index in [0.717, 1.165) is 24.0 Å². The Morgan fingerprint density at radius 3 is 2.00 bits per heavy atom. The highest BCUT2D eigenvalue weighted by atomic mass is 16.1. The molecule has 0 bridgehead atoms. The first-order valence-corrected chi connectivity index (χ1v) is 13.9. The smallest absolute Gasteiger partial charge is 0.221 e. The van der Waals surface area contributed by atoms with Crippen LogP contribution >= 0.6 is 0 Å². The van der Waals surface area contributed by atoms with Crippen LogP contribution in [0.15, 0.2) is 17.1 Å². The van der Waals surface area contributed by atoms with E-state index in [2.05, 4.69) is 44.5 Å². The van der Waals surface area contributed by atoms with Gasteiger partial charge in [0, 0.05) is 20.3 Å². The van der Waals surface area contributed by atoms with Crippen LogP contribution in [-0.4, -0.2) is 42.0 Å². The molecular formula is C28H54N3O+. The van der Waals surface area contributed by atoms with Crippen molar-refractivity contribution in [2.24, 2.45) is 4.99 Å². The second kappa shape index (κ2) is 18.3. The zero-order valence-electron chi connectivity index (χ0n) is 21.9. The van der Waals surface area contributed by atoms with E-state index in [1.165, 1.54) is 96.3 Å². The fourth-order valence-electron chi connectivity index (χ4n) is 5.11. The number of carbonyl (C=O) groups is 1. The normalized spacial score (nSPS) is 21.4. The minimum absolute atomic E-state index is 0.0583. The second-order valence-electron chi connectivity index (χ2n) is 9.87. The molecule has 4 nitrogen and oxygen atoms in total. The molecular weight excluding hydrogens is 394 g/mol. The van der Waals surface area contributed by atoms with Crippen molar-refractivity contribution in [1.29, 1.82) is 0 Å². The topological polar surface area (TPSA) is 41.5 Å². The first-order chi connectivity index (χ1) is 15.6. The number of aliphatic imine (C=N–C) groups is 1. The number of hydrogen-bond acceptors (Lipinski definition) is 2. The number of unbranched alkanes of at least 4 members (excludes halogenated alkanes) is 13. The van der Waals surface area contributed by atoms with E-state index in [1.807, 2.05) is 0 Å². The van der Waals surface area contributed by atoms with Crippen LogP contribution in [0.5, 0.6) is 0 Å². The van der Waals surface area contributed by atoms with E-state index in [0.29, 0.717) is 6.17 Å². The molecule has 0 aromatic rings. The van der Waals surface area contributed by atoms with Crippen molar-refractivity contribution in [2.45, 2.75) is 143 Å². The largest absolute Gasteiger partial charge is 0.307 e. The first-order valence-electron chi connectivity index (χ1n) is 13.9. The highest BCUT2D eigenvalue weighted by molar-refractivity contribution is 5.73. The number of quaternary nitrogens is 1. The van der Waals surface area contributed by atoms with Gasteiger partial charge in [-0.1, -0.05) is 83.3 Å². The summed E-state index contributed by atoms with van der Waals surface area (Å²) >= 11 is 0. The SMILES string of the molecule is CCCCCCC/C=C/CCCCCCCCCCC1N=CC[N+]1(CC)C(C)NC(C)=O. The Hall–Kier alpha value is -1.16. The number of rotatable bonds is 20. The summed E-state index contributed by atoms with van der Waals surface area (Å²) in [6.07, 6.45) is 28.7. The van der Waals surface area contributed by atoms with E-state index < -0.39 is 0 Å². The number of carbonyl (C=O) groups excluding carboxylic acids is 1. The van der Waals surface area contributed by atoms with Crippen molar-refractivity contribution in [2.75, 3.05) is 13.1 Å². The van der Waals surface area contributed by atoms with Crippen LogP contribution in [0.4, 0.5) is 0 Å². The minimum Gasteiger partial charge on any atom is -0.307 e. The summed E-state index contributed by atoms with van der Waals surface area (Å²) in [6, 6.07) is 0. The fraction of sp³-hybridized carbons (Fsp3) is 0.857. The molecule has 0 spiro atoms. The lowest BCUT2D eigenvalue weighted by atomic mass is 10.0. The van der Waals surface area contributed by atoms with Gasteiger partial charge in [0.05, 0.1) is 12.8 Å². The molecule has 1 N–H and O–H groups in total. The Labute approximate surface area is 199 Å². The molecule has 0 fully saturated rings. The van der Waals surface area contributed by atoms with Gasteiger partial charge >= 0.3 is 0 Å². The van der Waals surface area contributed by atoms with Gasteiger partial charge in [-0.3, -0.25) is 9.28 Å². The highest BCUT2D eigenvalue weighted by Gasteiger charge is 2.42. The highest BCUT2D eigenvalue weighted by Crippen LogP contribution is 2.27. The van der Waals surface area contributed by atoms with Gasteiger partial charge in [0.25, 0.3) is 0 Å². The van der Waals surface area contributed by atoms with E-state index in [-0.39, 0.29) is 12.1 Å².